The molecule has 0 bridgehead atoms. The molecule has 1 N–H and O–H groups in total. The van der Waals surface area contributed by atoms with Gasteiger partial charge in [0.05, 0.1) is 0 Å². The molecular weight excluding hydrogens is 244 g/mol. The molecule has 1 fully saturated rings. The summed E-state index contributed by atoms with van der Waals surface area (Å²) in [6.45, 7) is 1.65. The van der Waals surface area contributed by atoms with Crippen LogP contribution in [-0.2, 0) is 11.8 Å². The number of halogens is 2. The average molecular weight is 259 g/mol. The molecule has 19 heavy (non-hydrogen) atoms. The highest BCUT2D eigenvalue weighted by Crippen LogP contribution is 2.32. The molecule has 1 aliphatic heterocycles. The molecule has 1 nitrogen and oxygen atoms in total. The van der Waals surface area contributed by atoms with E-state index >= 15 is 0 Å². The van der Waals surface area contributed by atoms with E-state index in [2.05, 4.69) is 5.32 Å². The maximum atomic E-state index is 13.4. The Labute approximate surface area is 111 Å². The number of nitrogens with one attached hydrogen (secondary N) is 1. The van der Waals surface area contributed by atoms with Crippen LogP contribution in [0.5, 0.6) is 0 Å². The fourth-order valence-corrected chi connectivity index (χ4v) is 2.67. The molecule has 0 atom stereocenters. The number of rotatable bonds is 3. The van der Waals surface area contributed by atoms with Gasteiger partial charge < -0.3 is 5.32 Å². The van der Waals surface area contributed by atoms with E-state index in [0.29, 0.717) is 0 Å². The predicted molar refractivity (Wildman–Crippen MR) is 71.1 cm³/mol. The Morgan fingerprint density at radius 2 is 1.68 bits per heavy atom. The highest BCUT2D eigenvalue weighted by Gasteiger charge is 2.38. The third-order valence-electron chi connectivity index (χ3n) is 3.82. The summed E-state index contributed by atoms with van der Waals surface area (Å²) in [5.41, 5.74) is 2.02. The fourth-order valence-electron chi connectivity index (χ4n) is 2.67. The maximum absolute atomic E-state index is 13.4. The van der Waals surface area contributed by atoms with Crippen molar-refractivity contribution >= 4 is 0 Å². The first-order valence-corrected chi connectivity index (χ1v) is 6.39. The van der Waals surface area contributed by atoms with E-state index in [9.17, 15) is 8.78 Å². The Balaban J connectivity index is 1.89. The molecule has 0 aliphatic carbocycles. The van der Waals surface area contributed by atoms with Crippen molar-refractivity contribution in [2.24, 2.45) is 0 Å². The van der Waals surface area contributed by atoms with Crippen LogP contribution in [0.2, 0.25) is 0 Å². The molecule has 0 saturated carbocycles. The second-order valence-corrected chi connectivity index (χ2v) is 5.20. The van der Waals surface area contributed by atoms with Gasteiger partial charge in [-0.1, -0.05) is 24.3 Å². The summed E-state index contributed by atoms with van der Waals surface area (Å²) in [6, 6.07) is 13.3. The van der Waals surface area contributed by atoms with Crippen LogP contribution in [0.1, 0.15) is 11.1 Å². The minimum atomic E-state index is -0.227. The zero-order chi connectivity index (χ0) is 13.3. The summed E-state index contributed by atoms with van der Waals surface area (Å²) in [7, 11) is 0. The van der Waals surface area contributed by atoms with Crippen molar-refractivity contribution in [3.63, 3.8) is 0 Å². The molecule has 0 spiro atoms. The SMILES string of the molecule is Fc1ccc(CC2(c3cccc(F)c3)CNC2)cc1. The van der Waals surface area contributed by atoms with E-state index in [0.717, 1.165) is 30.6 Å². The topological polar surface area (TPSA) is 12.0 Å². The third kappa shape index (κ3) is 2.38. The second kappa shape index (κ2) is 4.74. The van der Waals surface area contributed by atoms with E-state index in [-0.39, 0.29) is 17.0 Å². The van der Waals surface area contributed by atoms with Crippen molar-refractivity contribution in [3.8, 4) is 0 Å². The first-order valence-electron chi connectivity index (χ1n) is 6.39. The van der Waals surface area contributed by atoms with Crippen LogP contribution in [0.4, 0.5) is 8.78 Å². The van der Waals surface area contributed by atoms with Crippen molar-refractivity contribution < 1.29 is 8.78 Å². The van der Waals surface area contributed by atoms with Crippen LogP contribution in [0.25, 0.3) is 0 Å². The van der Waals surface area contributed by atoms with Crippen molar-refractivity contribution in [2.45, 2.75) is 11.8 Å². The molecule has 0 radical (unpaired) electrons. The lowest BCUT2D eigenvalue weighted by atomic mass is 9.71. The molecule has 3 rings (SSSR count). The fraction of sp³-hybridized carbons (Fsp3) is 0.250. The molecule has 2 aromatic rings. The van der Waals surface area contributed by atoms with Gasteiger partial charge in [0, 0.05) is 18.5 Å². The highest BCUT2D eigenvalue weighted by molar-refractivity contribution is 5.34. The van der Waals surface area contributed by atoms with Gasteiger partial charge >= 0.3 is 0 Å². The van der Waals surface area contributed by atoms with Crippen LogP contribution < -0.4 is 5.32 Å². The summed E-state index contributed by atoms with van der Waals surface area (Å²) in [6.07, 6.45) is 0.795. The number of hydrogen-bond acceptors (Lipinski definition) is 1. The van der Waals surface area contributed by atoms with Gasteiger partial charge in [0.15, 0.2) is 0 Å². The van der Waals surface area contributed by atoms with E-state index in [4.69, 9.17) is 0 Å². The van der Waals surface area contributed by atoms with Crippen molar-refractivity contribution in [1.82, 2.24) is 5.32 Å². The normalized spacial score (nSPS) is 16.9. The van der Waals surface area contributed by atoms with Gasteiger partial charge in [0.1, 0.15) is 11.6 Å². The molecule has 0 amide bonds. The van der Waals surface area contributed by atoms with Crippen LogP contribution in [-0.4, -0.2) is 13.1 Å². The Morgan fingerprint density at radius 1 is 0.947 bits per heavy atom. The second-order valence-electron chi connectivity index (χ2n) is 5.20. The molecule has 1 saturated heterocycles. The molecule has 98 valence electrons. The Bertz CT molecular complexity index is 574. The monoisotopic (exact) mass is 259 g/mol. The largest absolute Gasteiger partial charge is 0.315 e. The van der Waals surface area contributed by atoms with E-state index in [1.54, 1.807) is 24.3 Å². The zero-order valence-corrected chi connectivity index (χ0v) is 10.5. The van der Waals surface area contributed by atoms with Crippen LogP contribution in [0.3, 0.4) is 0 Å². The summed E-state index contributed by atoms with van der Waals surface area (Å²) >= 11 is 0. The van der Waals surface area contributed by atoms with Crippen LogP contribution in [0.15, 0.2) is 48.5 Å². The Kier molecular flexibility index (Phi) is 3.07. The molecule has 0 unspecified atom stereocenters. The van der Waals surface area contributed by atoms with Crippen LogP contribution >= 0.6 is 0 Å². The maximum Gasteiger partial charge on any atom is 0.123 e. The van der Waals surface area contributed by atoms with Gasteiger partial charge in [-0.2, -0.15) is 0 Å². The minimum Gasteiger partial charge on any atom is -0.315 e. The van der Waals surface area contributed by atoms with Gasteiger partial charge in [-0.3, -0.25) is 0 Å². The van der Waals surface area contributed by atoms with Crippen LogP contribution in [0, 0.1) is 11.6 Å². The minimum absolute atomic E-state index is 0.0695. The average Bonchev–Trinajstić information content (AvgIpc) is 2.36. The molecular formula is C16H15F2N. The van der Waals surface area contributed by atoms with E-state index < -0.39 is 0 Å². The summed E-state index contributed by atoms with van der Waals surface area (Å²) < 4.78 is 26.3. The van der Waals surface area contributed by atoms with Gasteiger partial charge in [-0.15, -0.1) is 0 Å². The predicted octanol–water partition coefficient (Wildman–Crippen LogP) is 3.05. The third-order valence-corrected chi connectivity index (χ3v) is 3.82. The Morgan fingerprint density at radius 3 is 2.26 bits per heavy atom. The first kappa shape index (κ1) is 12.3. The van der Waals surface area contributed by atoms with Gasteiger partial charge in [0.2, 0.25) is 0 Å². The molecule has 3 heteroatoms. The first-order chi connectivity index (χ1) is 9.18. The van der Waals surface area contributed by atoms with Gasteiger partial charge in [-0.05, 0) is 41.8 Å². The molecule has 0 aromatic heterocycles. The van der Waals surface area contributed by atoms with Crippen molar-refractivity contribution in [2.75, 3.05) is 13.1 Å². The lowest BCUT2D eigenvalue weighted by Crippen LogP contribution is -2.58. The number of hydrogen-bond donors (Lipinski definition) is 1. The lowest BCUT2D eigenvalue weighted by Gasteiger charge is -2.43. The number of benzene rings is 2. The van der Waals surface area contributed by atoms with E-state index in [1.807, 2.05) is 6.07 Å². The molecule has 2 aromatic carbocycles. The van der Waals surface area contributed by atoms with Crippen molar-refractivity contribution in [3.05, 3.63) is 71.3 Å². The summed E-state index contributed by atoms with van der Waals surface area (Å²) in [5, 5.41) is 3.26. The quantitative estimate of drug-likeness (QED) is 0.893. The standard InChI is InChI=1S/C16H15F2N/c17-14-6-4-12(5-7-14)9-16(10-19-11-16)13-2-1-3-15(18)8-13/h1-8,19H,9-11H2. The summed E-state index contributed by atoms with van der Waals surface area (Å²) in [4.78, 5) is 0. The van der Waals surface area contributed by atoms with Crippen molar-refractivity contribution in [1.29, 1.82) is 0 Å². The zero-order valence-electron chi connectivity index (χ0n) is 10.5. The van der Waals surface area contributed by atoms with E-state index in [1.165, 1.54) is 18.2 Å². The van der Waals surface area contributed by atoms with Gasteiger partial charge in [0.25, 0.3) is 0 Å². The molecule has 1 heterocycles. The highest BCUT2D eigenvalue weighted by atomic mass is 19.1. The molecule has 1 aliphatic rings. The smallest absolute Gasteiger partial charge is 0.123 e. The Hall–Kier alpha value is -1.74. The van der Waals surface area contributed by atoms with Gasteiger partial charge in [-0.25, -0.2) is 8.78 Å². The lowest BCUT2D eigenvalue weighted by molar-refractivity contribution is 0.274. The summed E-state index contributed by atoms with van der Waals surface area (Å²) in [5.74, 6) is -0.432.